The number of ether oxygens (including phenoxy) is 1. The van der Waals surface area contributed by atoms with Crippen molar-refractivity contribution in [1.29, 1.82) is 0 Å². The van der Waals surface area contributed by atoms with E-state index in [0.717, 1.165) is 19.0 Å². The first-order valence-corrected chi connectivity index (χ1v) is 9.05. The van der Waals surface area contributed by atoms with Crippen LogP contribution in [0.3, 0.4) is 0 Å². The number of unbranched alkanes of at least 4 members (excludes halogenated alkanes) is 5. The third-order valence-corrected chi connectivity index (χ3v) is 5.16. The van der Waals surface area contributed by atoms with Gasteiger partial charge in [-0.25, -0.2) is 0 Å². The van der Waals surface area contributed by atoms with Crippen LogP contribution in [-0.4, -0.2) is 25.8 Å². The Balaban J connectivity index is 2.52. The molecule has 0 aliphatic carbocycles. The van der Waals surface area contributed by atoms with E-state index in [2.05, 4.69) is 19.2 Å². The van der Waals surface area contributed by atoms with Gasteiger partial charge in [-0.15, -0.1) is 0 Å². The smallest absolute Gasteiger partial charge is 0.0730 e. The minimum Gasteiger partial charge on any atom is -0.378 e. The second-order valence-corrected chi connectivity index (χ2v) is 6.56. The summed E-state index contributed by atoms with van der Waals surface area (Å²) < 4.78 is 6.09. The van der Waals surface area contributed by atoms with E-state index in [1.54, 1.807) is 0 Å². The number of piperidine rings is 1. The zero-order valence-electron chi connectivity index (χ0n) is 14.2. The normalized spacial score (nSPS) is 19.9. The highest BCUT2D eigenvalue weighted by atomic mass is 16.5. The summed E-state index contributed by atoms with van der Waals surface area (Å²) >= 11 is 0. The molecule has 2 heteroatoms. The molecule has 1 heterocycles. The monoisotopic (exact) mass is 283 g/mol. The van der Waals surface area contributed by atoms with Gasteiger partial charge in [0.25, 0.3) is 0 Å². The molecule has 2 nitrogen and oxygen atoms in total. The molecular weight excluding hydrogens is 246 g/mol. The summed E-state index contributed by atoms with van der Waals surface area (Å²) in [5, 5.41) is 3.49. The molecule has 1 atom stereocenters. The third kappa shape index (κ3) is 5.73. The van der Waals surface area contributed by atoms with Crippen molar-refractivity contribution in [1.82, 2.24) is 5.32 Å². The van der Waals surface area contributed by atoms with Crippen molar-refractivity contribution in [2.75, 3.05) is 20.2 Å². The standard InChI is InChI=1S/C18H37NO/c1-4-6-8-10-12-17(11-9-7-5-2)18(20-3)13-15-19-16-14-18/h17,19H,4-16H2,1-3H3. The Bertz CT molecular complexity index is 223. The van der Waals surface area contributed by atoms with E-state index in [9.17, 15) is 0 Å². The summed E-state index contributed by atoms with van der Waals surface area (Å²) in [6.45, 7) is 6.86. The first-order chi connectivity index (χ1) is 9.79. The average Bonchev–Trinajstić information content (AvgIpc) is 2.50. The van der Waals surface area contributed by atoms with Crippen LogP contribution in [0.1, 0.15) is 84.5 Å². The highest BCUT2D eigenvalue weighted by Crippen LogP contribution is 2.37. The lowest BCUT2D eigenvalue weighted by atomic mass is 9.74. The van der Waals surface area contributed by atoms with E-state index in [1.165, 1.54) is 70.6 Å². The molecule has 1 N–H and O–H groups in total. The Morgan fingerprint density at radius 3 is 2.00 bits per heavy atom. The summed E-state index contributed by atoms with van der Waals surface area (Å²) in [4.78, 5) is 0. The lowest BCUT2D eigenvalue weighted by Gasteiger charge is -2.43. The fourth-order valence-corrected chi connectivity index (χ4v) is 3.76. The average molecular weight is 284 g/mol. The van der Waals surface area contributed by atoms with Crippen LogP contribution in [0.25, 0.3) is 0 Å². The molecule has 1 unspecified atom stereocenters. The second-order valence-electron chi connectivity index (χ2n) is 6.56. The van der Waals surface area contributed by atoms with E-state index in [-0.39, 0.29) is 5.60 Å². The Labute approximate surface area is 127 Å². The Kier molecular flexibility index (Phi) is 9.54. The second kappa shape index (κ2) is 10.6. The highest BCUT2D eigenvalue weighted by Gasteiger charge is 2.38. The predicted molar refractivity (Wildman–Crippen MR) is 88.2 cm³/mol. The molecule has 0 aromatic rings. The van der Waals surface area contributed by atoms with Gasteiger partial charge in [-0.2, -0.15) is 0 Å². The quantitative estimate of drug-likeness (QED) is 0.543. The molecule has 0 spiro atoms. The first-order valence-electron chi connectivity index (χ1n) is 9.05. The van der Waals surface area contributed by atoms with Crippen LogP contribution in [0.2, 0.25) is 0 Å². The molecule has 1 rings (SSSR count). The SMILES string of the molecule is CCCCCCC(CCCCC)C1(OC)CCNCC1. The van der Waals surface area contributed by atoms with E-state index >= 15 is 0 Å². The van der Waals surface area contributed by atoms with Gasteiger partial charge in [0.05, 0.1) is 5.60 Å². The summed E-state index contributed by atoms with van der Waals surface area (Å²) in [7, 11) is 1.95. The number of rotatable bonds is 11. The molecule has 1 aliphatic heterocycles. The third-order valence-electron chi connectivity index (χ3n) is 5.16. The van der Waals surface area contributed by atoms with Crippen LogP contribution in [0.5, 0.6) is 0 Å². The zero-order valence-corrected chi connectivity index (χ0v) is 14.2. The summed E-state index contributed by atoms with van der Waals surface area (Å²) in [6, 6.07) is 0. The van der Waals surface area contributed by atoms with Gasteiger partial charge in [-0.05, 0) is 44.7 Å². The fraction of sp³-hybridized carbons (Fsp3) is 1.00. The maximum absolute atomic E-state index is 6.09. The van der Waals surface area contributed by atoms with Crippen LogP contribution in [-0.2, 0) is 4.74 Å². The van der Waals surface area contributed by atoms with Gasteiger partial charge >= 0.3 is 0 Å². The molecule has 0 aromatic heterocycles. The van der Waals surface area contributed by atoms with Gasteiger partial charge in [0.2, 0.25) is 0 Å². The molecule has 120 valence electrons. The van der Waals surface area contributed by atoms with E-state index < -0.39 is 0 Å². The van der Waals surface area contributed by atoms with Crippen molar-refractivity contribution in [3.05, 3.63) is 0 Å². The molecule has 0 radical (unpaired) electrons. The van der Waals surface area contributed by atoms with E-state index in [1.807, 2.05) is 7.11 Å². The number of hydrogen-bond acceptors (Lipinski definition) is 2. The highest BCUT2D eigenvalue weighted by molar-refractivity contribution is 4.92. The van der Waals surface area contributed by atoms with Crippen LogP contribution < -0.4 is 5.32 Å². The Morgan fingerprint density at radius 1 is 0.900 bits per heavy atom. The van der Waals surface area contributed by atoms with Crippen LogP contribution >= 0.6 is 0 Å². The number of methoxy groups -OCH3 is 1. The van der Waals surface area contributed by atoms with Crippen LogP contribution in [0, 0.1) is 5.92 Å². The minimum atomic E-state index is 0.172. The van der Waals surface area contributed by atoms with Gasteiger partial charge in [0.1, 0.15) is 0 Å². The summed E-state index contributed by atoms with van der Waals surface area (Å²) in [5.74, 6) is 0.776. The van der Waals surface area contributed by atoms with Crippen molar-refractivity contribution in [3.63, 3.8) is 0 Å². The van der Waals surface area contributed by atoms with Gasteiger partial charge < -0.3 is 10.1 Å². The maximum atomic E-state index is 6.09. The van der Waals surface area contributed by atoms with Crippen molar-refractivity contribution < 1.29 is 4.74 Å². The van der Waals surface area contributed by atoms with E-state index in [4.69, 9.17) is 4.74 Å². The maximum Gasteiger partial charge on any atom is 0.0730 e. The molecule has 0 saturated carbocycles. The van der Waals surface area contributed by atoms with Crippen molar-refractivity contribution in [2.24, 2.45) is 5.92 Å². The topological polar surface area (TPSA) is 21.3 Å². The molecule has 20 heavy (non-hydrogen) atoms. The Hall–Kier alpha value is -0.0800. The van der Waals surface area contributed by atoms with Gasteiger partial charge in [0, 0.05) is 7.11 Å². The van der Waals surface area contributed by atoms with Crippen LogP contribution in [0.15, 0.2) is 0 Å². The van der Waals surface area contributed by atoms with Gasteiger partial charge in [-0.1, -0.05) is 58.8 Å². The summed E-state index contributed by atoms with van der Waals surface area (Å²) in [5.41, 5.74) is 0.172. The minimum absolute atomic E-state index is 0.172. The van der Waals surface area contributed by atoms with Crippen LogP contribution in [0.4, 0.5) is 0 Å². The largest absolute Gasteiger partial charge is 0.378 e. The molecule has 1 aliphatic rings. The van der Waals surface area contributed by atoms with Crippen molar-refractivity contribution in [2.45, 2.75) is 90.1 Å². The van der Waals surface area contributed by atoms with Gasteiger partial charge in [0.15, 0.2) is 0 Å². The van der Waals surface area contributed by atoms with Gasteiger partial charge in [-0.3, -0.25) is 0 Å². The van der Waals surface area contributed by atoms with Crippen molar-refractivity contribution >= 4 is 0 Å². The lowest BCUT2D eigenvalue weighted by Crippen LogP contribution is -2.48. The molecule has 0 aromatic carbocycles. The summed E-state index contributed by atoms with van der Waals surface area (Å²) in [6.07, 6.45) is 14.7. The fourth-order valence-electron chi connectivity index (χ4n) is 3.76. The molecule has 1 fully saturated rings. The zero-order chi connectivity index (χ0) is 14.7. The molecule has 1 saturated heterocycles. The molecular formula is C18H37NO. The van der Waals surface area contributed by atoms with Crippen molar-refractivity contribution in [3.8, 4) is 0 Å². The molecule has 0 amide bonds. The molecule has 0 bridgehead atoms. The van der Waals surface area contributed by atoms with E-state index in [0.29, 0.717) is 0 Å². The Morgan fingerprint density at radius 2 is 1.45 bits per heavy atom. The number of nitrogens with one attached hydrogen (secondary N) is 1. The first kappa shape index (κ1) is 18.0. The predicted octanol–water partition coefficient (Wildman–Crippen LogP) is 4.92. The lowest BCUT2D eigenvalue weighted by molar-refractivity contribution is -0.0854. The number of hydrogen-bond donors (Lipinski definition) is 1.